The lowest BCUT2D eigenvalue weighted by atomic mass is 9.96. The number of hydrogen-bond acceptors (Lipinski definition) is 1. The summed E-state index contributed by atoms with van der Waals surface area (Å²) in [7, 11) is 0. The molecule has 3 rings (SSSR count). The fraction of sp³-hybridized carbons (Fsp3) is 0.556. The average Bonchev–Trinajstić information content (AvgIpc) is 2.60. The molecule has 0 nitrogen and oxygen atoms in total. The van der Waals surface area contributed by atoms with Gasteiger partial charge in [-0.1, -0.05) is 0 Å². The summed E-state index contributed by atoms with van der Waals surface area (Å²) in [5.41, 5.74) is 3.39. The first kappa shape index (κ1) is 5.36. The fourth-order valence-electron chi connectivity index (χ4n) is 2.53. The van der Waals surface area contributed by atoms with Gasteiger partial charge in [-0.15, -0.1) is 0 Å². The first-order chi connectivity index (χ1) is 4.95. The van der Waals surface area contributed by atoms with Crippen molar-refractivity contribution in [3.05, 3.63) is 21.9 Å². The molecule has 2 atom stereocenters. The molecular formula is C9H10S. The Balaban J connectivity index is 2.25. The Morgan fingerprint density at radius 1 is 1.10 bits per heavy atom. The lowest BCUT2D eigenvalue weighted by Crippen LogP contribution is -1.92. The zero-order valence-electron chi connectivity index (χ0n) is 5.84. The van der Waals surface area contributed by atoms with E-state index >= 15 is 0 Å². The maximum absolute atomic E-state index is 2.36. The van der Waals surface area contributed by atoms with Gasteiger partial charge in [0.2, 0.25) is 0 Å². The molecule has 2 bridgehead atoms. The second kappa shape index (κ2) is 1.65. The SMILES string of the molecule is c1scc2c1C1CCC2C1. The molecule has 2 unspecified atom stereocenters. The van der Waals surface area contributed by atoms with Gasteiger partial charge < -0.3 is 0 Å². The summed E-state index contributed by atoms with van der Waals surface area (Å²) in [4.78, 5) is 0. The van der Waals surface area contributed by atoms with Crippen molar-refractivity contribution in [1.82, 2.24) is 0 Å². The van der Waals surface area contributed by atoms with Crippen LogP contribution in [0.15, 0.2) is 10.8 Å². The highest BCUT2D eigenvalue weighted by Crippen LogP contribution is 2.53. The molecule has 1 heterocycles. The van der Waals surface area contributed by atoms with E-state index in [1.807, 2.05) is 11.3 Å². The van der Waals surface area contributed by atoms with Gasteiger partial charge in [0.25, 0.3) is 0 Å². The molecule has 1 heteroatoms. The molecule has 1 aromatic rings. The first-order valence-corrected chi connectivity index (χ1v) is 4.95. The standard InChI is InChI=1S/C9H10S/c1-2-7-3-6(1)8-4-10-5-9(7)8/h4-7H,1-3H2. The Morgan fingerprint density at radius 3 is 2.30 bits per heavy atom. The van der Waals surface area contributed by atoms with Gasteiger partial charge in [0.1, 0.15) is 0 Å². The van der Waals surface area contributed by atoms with E-state index < -0.39 is 0 Å². The van der Waals surface area contributed by atoms with Gasteiger partial charge in [0.05, 0.1) is 0 Å². The van der Waals surface area contributed by atoms with Crippen LogP contribution in [0, 0.1) is 0 Å². The summed E-state index contributed by atoms with van der Waals surface area (Å²) in [5.74, 6) is 1.93. The fourth-order valence-corrected chi connectivity index (χ4v) is 3.55. The normalized spacial score (nSPS) is 34.8. The van der Waals surface area contributed by atoms with Gasteiger partial charge in [-0.05, 0) is 53.0 Å². The highest BCUT2D eigenvalue weighted by atomic mass is 32.1. The summed E-state index contributed by atoms with van der Waals surface area (Å²) in [6, 6.07) is 0. The Kier molecular flexibility index (Phi) is 0.883. The molecule has 2 aliphatic rings. The molecule has 1 saturated carbocycles. The number of rotatable bonds is 0. The maximum atomic E-state index is 2.36. The minimum atomic E-state index is 0.964. The Bertz CT molecular complexity index is 237. The molecule has 2 aliphatic carbocycles. The Hall–Kier alpha value is -0.300. The van der Waals surface area contributed by atoms with Crippen LogP contribution in [-0.2, 0) is 0 Å². The van der Waals surface area contributed by atoms with E-state index in [9.17, 15) is 0 Å². The molecule has 0 aromatic carbocycles. The number of hydrogen-bond donors (Lipinski definition) is 0. The molecule has 0 aliphatic heterocycles. The summed E-state index contributed by atoms with van der Waals surface area (Å²) < 4.78 is 0. The second-order valence-electron chi connectivity index (χ2n) is 3.49. The van der Waals surface area contributed by atoms with Gasteiger partial charge in [0, 0.05) is 0 Å². The summed E-state index contributed by atoms with van der Waals surface area (Å²) in [6.45, 7) is 0. The third kappa shape index (κ3) is 0.485. The van der Waals surface area contributed by atoms with Gasteiger partial charge in [0.15, 0.2) is 0 Å². The molecule has 52 valence electrons. The highest BCUT2D eigenvalue weighted by Gasteiger charge is 2.36. The van der Waals surface area contributed by atoms with Gasteiger partial charge in [-0.3, -0.25) is 0 Å². The van der Waals surface area contributed by atoms with Crippen LogP contribution in [0.4, 0.5) is 0 Å². The van der Waals surface area contributed by atoms with Crippen molar-refractivity contribution in [1.29, 1.82) is 0 Å². The highest BCUT2D eigenvalue weighted by molar-refractivity contribution is 7.08. The van der Waals surface area contributed by atoms with Crippen LogP contribution in [-0.4, -0.2) is 0 Å². The molecule has 1 fully saturated rings. The topological polar surface area (TPSA) is 0 Å². The largest absolute Gasteiger partial charge is 0.152 e. The van der Waals surface area contributed by atoms with Crippen molar-refractivity contribution in [3.8, 4) is 0 Å². The molecule has 1 aromatic heterocycles. The zero-order valence-corrected chi connectivity index (χ0v) is 6.66. The molecular weight excluding hydrogens is 140 g/mol. The van der Waals surface area contributed by atoms with Crippen LogP contribution >= 0.6 is 11.3 Å². The zero-order chi connectivity index (χ0) is 6.55. The predicted molar refractivity (Wildman–Crippen MR) is 43.7 cm³/mol. The van der Waals surface area contributed by atoms with Crippen LogP contribution in [0.3, 0.4) is 0 Å². The van der Waals surface area contributed by atoms with E-state index in [0.717, 1.165) is 11.8 Å². The van der Waals surface area contributed by atoms with Crippen molar-refractivity contribution >= 4 is 11.3 Å². The van der Waals surface area contributed by atoms with E-state index in [4.69, 9.17) is 0 Å². The predicted octanol–water partition coefficient (Wildman–Crippen LogP) is 3.11. The smallest absolute Gasteiger partial charge is 0.00555 e. The Morgan fingerprint density at radius 2 is 1.70 bits per heavy atom. The van der Waals surface area contributed by atoms with Crippen LogP contribution in [0.5, 0.6) is 0 Å². The molecule has 0 spiro atoms. The summed E-state index contributed by atoms with van der Waals surface area (Å²) in [6.07, 6.45) is 4.40. The van der Waals surface area contributed by atoms with Crippen molar-refractivity contribution in [2.75, 3.05) is 0 Å². The van der Waals surface area contributed by atoms with Crippen molar-refractivity contribution in [2.24, 2.45) is 0 Å². The van der Waals surface area contributed by atoms with E-state index in [1.54, 1.807) is 11.1 Å². The van der Waals surface area contributed by atoms with Crippen molar-refractivity contribution in [2.45, 2.75) is 31.1 Å². The lowest BCUT2D eigenvalue weighted by Gasteiger charge is -2.08. The van der Waals surface area contributed by atoms with Crippen molar-refractivity contribution in [3.63, 3.8) is 0 Å². The molecule has 0 amide bonds. The third-order valence-corrected chi connectivity index (χ3v) is 3.82. The Labute approximate surface area is 64.9 Å². The summed E-state index contributed by atoms with van der Waals surface area (Å²) >= 11 is 1.89. The monoisotopic (exact) mass is 150 g/mol. The number of fused-ring (bicyclic) bond motifs is 5. The van der Waals surface area contributed by atoms with E-state index in [-0.39, 0.29) is 0 Å². The lowest BCUT2D eigenvalue weighted by molar-refractivity contribution is 0.722. The average molecular weight is 150 g/mol. The van der Waals surface area contributed by atoms with Crippen molar-refractivity contribution < 1.29 is 0 Å². The third-order valence-electron chi connectivity index (χ3n) is 3.04. The molecule has 0 radical (unpaired) electrons. The summed E-state index contributed by atoms with van der Waals surface area (Å²) in [5, 5.41) is 4.72. The van der Waals surface area contributed by atoms with Crippen LogP contribution < -0.4 is 0 Å². The molecule has 0 N–H and O–H groups in total. The van der Waals surface area contributed by atoms with Crippen LogP contribution in [0.25, 0.3) is 0 Å². The van der Waals surface area contributed by atoms with E-state index in [2.05, 4.69) is 10.8 Å². The minimum Gasteiger partial charge on any atom is -0.152 e. The quantitative estimate of drug-likeness (QED) is 0.533. The van der Waals surface area contributed by atoms with Gasteiger partial charge in [-0.2, -0.15) is 11.3 Å². The number of thiophene rings is 1. The van der Waals surface area contributed by atoms with Gasteiger partial charge >= 0.3 is 0 Å². The minimum absolute atomic E-state index is 0.964. The maximum Gasteiger partial charge on any atom is -0.00555 e. The van der Waals surface area contributed by atoms with E-state index in [0.29, 0.717) is 0 Å². The van der Waals surface area contributed by atoms with Crippen LogP contribution in [0.1, 0.15) is 42.2 Å². The van der Waals surface area contributed by atoms with Gasteiger partial charge in [-0.25, -0.2) is 0 Å². The molecule has 0 saturated heterocycles. The second-order valence-corrected chi connectivity index (χ2v) is 4.23. The van der Waals surface area contributed by atoms with Crippen LogP contribution in [0.2, 0.25) is 0 Å². The molecule has 10 heavy (non-hydrogen) atoms. The van der Waals surface area contributed by atoms with E-state index in [1.165, 1.54) is 19.3 Å². The first-order valence-electron chi connectivity index (χ1n) is 4.01.